The number of nitrogens with one attached hydrogen (secondary N) is 1. The van der Waals surface area contributed by atoms with Crippen LogP contribution in [0.25, 0.3) is 10.9 Å². The first-order valence-corrected chi connectivity index (χ1v) is 9.01. The maximum Gasteiger partial charge on any atom is 0.250 e. The highest BCUT2D eigenvalue weighted by Crippen LogP contribution is 2.32. The zero-order valence-electron chi connectivity index (χ0n) is 15.4. The lowest BCUT2D eigenvalue weighted by Gasteiger charge is -2.25. The molecule has 8 nitrogen and oxygen atoms in total. The van der Waals surface area contributed by atoms with Gasteiger partial charge in [0.1, 0.15) is 17.7 Å². The highest BCUT2D eigenvalue weighted by atomic mass is 19.1. The molecule has 0 bridgehead atoms. The molecule has 3 aromatic rings. The van der Waals surface area contributed by atoms with Crippen molar-refractivity contribution >= 4 is 34.1 Å². The molecule has 29 heavy (non-hydrogen) atoms. The molecule has 0 aliphatic carbocycles. The Hall–Kier alpha value is -3.59. The van der Waals surface area contributed by atoms with Gasteiger partial charge >= 0.3 is 0 Å². The summed E-state index contributed by atoms with van der Waals surface area (Å²) in [6.07, 6.45) is 3.36. The first kappa shape index (κ1) is 18.8. The number of carbonyl (C=O) groups excluding carboxylic acids is 2. The number of halogens is 1. The van der Waals surface area contributed by atoms with Crippen molar-refractivity contribution in [3.8, 4) is 0 Å². The number of hydrogen-bond acceptors (Lipinski definition) is 6. The van der Waals surface area contributed by atoms with Crippen molar-refractivity contribution in [3.05, 3.63) is 60.3 Å². The van der Waals surface area contributed by atoms with Crippen LogP contribution in [0.1, 0.15) is 16.8 Å². The van der Waals surface area contributed by atoms with Gasteiger partial charge in [-0.25, -0.2) is 14.4 Å². The molecule has 1 atom stereocenters. The second kappa shape index (κ2) is 7.10. The van der Waals surface area contributed by atoms with Crippen molar-refractivity contribution in [2.24, 2.45) is 11.5 Å². The van der Waals surface area contributed by atoms with Crippen molar-refractivity contribution in [2.45, 2.75) is 12.0 Å². The second-order valence-corrected chi connectivity index (χ2v) is 7.07. The number of carbonyl (C=O) groups is 2. The number of nitrogens with two attached hydrogens (primary N) is 2. The molecule has 0 radical (unpaired) electrons. The standard InChI is InChI=1S/C20H19FN6O2/c21-12-2-1-3-13(8-12)26-19(29)20(23)6-7-27(10-20)16-5-4-14(18(22)28)17-15(16)9-24-11-25-17/h1-5,8-9,11H,6-7,10,23H2,(H2,22,28)(H,26,29). The van der Waals surface area contributed by atoms with E-state index in [1.54, 1.807) is 24.4 Å². The van der Waals surface area contributed by atoms with Crippen molar-refractivity contribution in [3.63, 3.8) is 0 Å². The van der Waals surface area contributed by atoms with Gasteiger partial charge in [-0.1, -0.05) is 6.07 Å². The number of amides is 2. The fourth-order valence-electron chi connectivity index (χ4n) is 3.58. The van der Waals surface area contributed by atoms with E-state index in [1.807, 2.05) is 4.90 Å². The van der Waals surface area contributed by atoms with E-state index >= 15 is 0 Å². The lowest BCUT2D eigenvalue weighted by molar-refractivity contribution is -0.120. The SMILES string of the molecule is NC(=O)c1ccc(N2CCC(N)(C(=O)Nc3cccc(F)c3)C2)c2cncnc12. The van der Waals surface area contributed by atoms with Gasteiger partial charge in [0.25, 0.3) is 5.91 Å². The minimum atomic E-state index is -1.16. The van der Waals surface area contributed by atoms with E-state index in [-0.39, 0.29) is 12.5 Å². The molecule has 2 heterocycles. The summed E-state index contributed by atoms with van der Waals surface area (Å²) in [7, 11) is 0. The van der Waals surface area contributed by atoms with Crippen LogP contribution in [0.4, 0.5) is 15.8 Å². The summed E-state index contributed by atoms with van der Waals surface area (Å²) in [6, 6.07) is 9.01. The van der Waals surface area contributed by atoms with Gasteiger partial charge in [0.2, 0.25) is 5.91 Å². The number of rotatable bonds is 4. The number of aromatic nitrogens is 2. The molecule has 1 saturated heterocycles. The average Bonchev–Trinajstić information content (AvgIpc) is 3.10. The summed E-state index contributed by atoms with van der Waals surface area (Å²) in [4.78, 5) is 34.6. The Bertz CT molecular complexity index is 1120. The molecule has 1 aliphatic rings. The Labute approximate surface area is 165 Å². The van der Waals surface area contributed by atoms with Crippen LogP contribution in [0.3, 0.4) is 0 Å². The Morgan fingerprint density at radius 1 is 1.24 bits per heavy atom. The highest BCUT2D eigenvalue weighted by molar-refractivity contribution is 6.08. The molecule has 9 heteroatoms. The van der Waals surface area contributed by atoms with Crippen LogP contribution in [0, 0.1) is 5.82 Å². The maximum absolute atomic E-state index is 13.4. The summed E-state index contributed by atoms with van der Waals surface area (Å²) in [5, 5.41) is 3.33. The van der Waals surface area contributed by atoms with Gasteiger partial charge in [-0.2, -0.15) is 0 Å². The van der Waals surface area contributed by atoms with E-state index < -0.39 is 17.3 Å². The molecule has 2 aromatic carbocycles. The molecule has 1 aromatic heterocycles. The lowest BCUT2D eigenvalue weighted by Crippen LogP contribution is -2.53. The summed E-state index contributed by atoms with van der Waals surface area (Å²) < 4.78 is 13.4. The van der Waals surface area contributed by atoms with Crippen LogP contribution >= 0.6 is 0 Å². The van der Waals surface area contributed by atoms with Crippen molar-refractivity contribution in [1.29, 1.82) is 0 Å². The van der Waals surface area contributed by atoms with Gasteiger partial charge in [0.05, 0.1) is 11.1 Å². The minimum absolute atomic E-state index is 0.244. The number of anilines is 2. The van der Waals surface area contributed by atoms with Crippen LogP contribution in [0.2, 0.25) is 0 Å². The van der Waals surface area contributed by atoms with Crippen molar-refractivity contribution < 1.29 is 14.0 Å². The van der Waals surface area contributed by atoms with Gasteiger partial charge in [-0.05, 0) is 36.8 Å². The van der Waals surface area contributed by atoms with Gasteiger partial charge in [0, 0.05) is 36.0 Å². The monoisotopic (exact) mass is 394 g/mol. The van der Waals surface area contributed by atoms with E-state index in [1.165, 1.54) is 24.5 Å². The molecule has 1 unspecified atom stereocenters. The largest absolute Gasteiger partial charge is 0.368 e. The molecule has 5 N–H and O–H groups in total. The zero-order valence-corrected chi connectivity index (χ0v) is 15.4. The summed E-state index contributed by atoms with van der Waals surface area (Å²) >= 11 is 0. The predicted octanol–water partition coefficient (Wildman–Crippen LogP) is 1.41. The van der Waals surface area contributed by atoms with Crippen molar-refractivity contribution in [2.75, 3.05) is 23.3 Å². The van der Waals surface area contributed by atoms with Gasteiger partial charge in [-0.15, -0.1) is 0 Å². The Balaban J connectivity index is 1.60. The quantitative estimate of drug-likeness (QED) is 0.614. The van der Waals surface area contributed by atoms with Gasteiger partial charge in [-0.3, -0.25) is 9.59 Å². The molecule has 4 rings (SSSR count). The first-order chi connectivity index (χ1) is 13.9. The Morgan fingerprint density at radius 3 is 2.83 bits per heavy atom. The molecule has 0 spiro atoms. The van der Waals surface area contributed by atoms with Gasteiger partial charge < -0.3 is 21.7 Å². The third kappa shape index (κ3) is 3.47. The first-order valence-electron chi connectivity index (χ1n) is 9.01. The van der Waals surface area contributed by atoms with E-state index in [0.29, 0.717) is 35.1 Å². The Morgan fingerprint density at radius 2 is 2.07 bits per heavy atom. The molecular weight excluding hydrogens is 375 g/mol. The maximum atomic E-state index is 13.4. The van der Waals surface area contributed by atoms with E-state index in [0.717, 1.165) is 5.69 Å². The normalized spacial score (nSPS) is 18.8. The van der Waals surface area contributed by atoms with E-state index in [9.17, 15) is 14.0 Å². The van der Waals surface area contributed by atoms with Gasteiger partial charge in [0.15, 0.2) is 0 Å². The van der Waals surface area contributed by atoms with E-state index in [2.05, 4.69) is 15.3 Å². The number of nitrogens with zero attached hydrogens (tertiary/aromatic N) is 3. The summed E-state index contributed by atoms with van der Waals surface area (Å²) in [6.45, 7) is 0.765. The average molecular weight is 394 g/mol. The third-order valence-electron chi connectivity index (χ3n) is 5.09. The molecule has 1 aliphatic heterocycles. The fraction of sp³-hybridized carbons (Fsp3) is 0.200. The summed E-state index contributed by atoms with van der Waals surface area (Å²) in [5.41, 5.74) is 12.5. The molecule has 0 saturated carbocycles. The van der Waals surface area contributed by atoms with Crippen LogP contribution in [0.5, 0.6) is 0 Å². The number of primary amides is 1. The van der Waals surface area contributed by atoms with E-state index in [4.69, 9.17) is 11.5 Å². The molecule has 2 amide bonds. The smallest absolute Gasteiger partial charge is 0.250 e. The van der Waals surface area contributed by atoms with Crippen molar-refractivity contribution in [1.82, 2.24) is 9.97 Å². The highest BCUT2D eigenvalue weighted by Gasteiger charge is 2.41. The van der Waals surface area contributed by atoms with Crippen LogP contribution in [-0.2, 0) is 4.79 Å². The topological polar surface area (TPSA) is 127 Å². The molecule has 1 fully saturated rings. The van der Waals surface area contributed by atoms with Crippen LogP contribution < -0.4 is 21.7 Å². The molecule has 148 valence electrons. The van der Waals surface area contributed by atoms with Crippen LogP contribution in [-0.4, -0.2) is 40.4 Å². The molecular formula is C20H19FN6O2. The van der Waals surface area contributed by atoms with Crippen LogP contribution in [0.15, 0.2) is 48.9 Å². The number of hydrogen-bond donors (Lipinski definition) is 3. The lowest BCUT2D eigenvalue weighted by atomic mass is 9.99. The Kier molecular flexibility index (Phi) is 4.59. The zero-order chi connectivity index (χ0) is 20.6. The fourth-order valence-corrected chi connectivity index (χ4v) is 3.58. The summed E-state index contributed by atoms with van der Waals surface area (Å²) in [5.74, 6) is -1.41. The predicted molar refractivity (Wildman–Crippen MR) is 107 cm³/mol. The number of fused-ring (bicyclic) bond motifs is 1. The second-order valence-electron chi connectivity index (χ2n) is 7.07. The third-order valence-corrected chi connectivity index (χ3v) is 5.09. The number of benzene rings is 2. The minimum Gasteiger partial charge on any atom is -0.368 e.